The molecular formula is C18H11ClIN3O2. The summed E-state index contributed by atoms with van der Waals surface area (Å²) in [5.74, 6) is -0.411. The van der Waals surface area contributed by atoms with E-state index < -0.39 is 5.91 Å². The first-order valence-corrected chi connectivity index (χ1v) is 8.94. The van der Waals surface area contributed by atoms with Gasteiger partial charge in [0.05, 0.1) is 22.7 Å². The average Bonchev–Trinajstić information content (AvgIpc) is 3.00. The number of hydrogen-bond acceptors (Lipinski definition) is 3. The van der Waals surface area contributed by atoms with E-state index in [9.17, 15) is 9.59 Å². The number of imidazole rings is 1. The molecule has 0 saturated carbocycles. The zero-order valence-corrected chi connectivity index (χ0v) is 15.7. The van der Waals surface area contributed by atoms with E-state index in [1.54, 1.807) is 28.9 Å². The zero-order chi connectivity index (χ0) is 17.6. The summed E-state index contributed by atoms with van der Waals surface area (Å²) in [5, 5.41) is 3.91. The van der Waals surface area contributed by atoms with Gasteiger partial charge in [-0.3, -0.25) is 9.59 Å². The van der Waals surface area contributed by atoms with Crippen LogP contribution in [-0.4, -0.2) is 15.3 Å². The topological polar surface area (TPSA) is 63.5 Å². The highest BCUT2D eigenvalue weighted by Gasteiger charge is 2.17. The molecule has 2 aromatic carbocycles. The van der Waals surface area contributed by atoms with E-state index in [0.717, 1.165) is 20.2 Å². The van der Waals surface area contributed by atoms with Crippen molar-refractivity contribution in [2.75, 3.05) is 0 Å². The first-order chi connectivity index (χ1) is 12.0. The highest BCUT2D eigenvalue weighted by molar-refractivity contribution is 14.1. The van der Waals surface area contributed by atoms with Gasteiger partial charge in [0.15, 0.2) is 0 Å². The number of nitrogens with one attached hydrogen (secondary N) is 1. The van der Waals surface area contributed by atoms with Crippen LogP contribution in [0.3, 0.4) is 0 Å². The van der Waals surface area contributed by atoms with E-state index in [4.69, 9.17) is 11.6 Å². The fourth-order valence-electron chi connectivity index (χ4n) is 2.79. The van der Waals surface area contributed by atoms with Crippen LogP contribution in [0.2, 0.25) is 5.02 Å². The molecule has 0 aliphatic carbocycles. The third-order valence-corrected chi connectivity index (χ3v) is 4.88. The Kier molecular flexibility index (Phi) is 4.09. The number of nitrogens with zero attached hydrogens (tertiary/aromatic N) is 2. The van der Waals surface area contributed by atoms with Gasteiger partial charge in [-0.2, -0.15) is 0 Å². The molecular weight excluding hydrogens is 453 g/mol. The van der Waals surface area contributed by atoms with Gasteiger partial charge in [-0.1, -0.05) is 23.7 Å². The second kappa shape index (κ2) is 6.27. The standard InChI is InChI=1S/C18H11ClIN3O2/c19-11-3-1-10(2-4-11)7-21-18(25)14-8-23-9-22-15-6-12(20)5-13(16(15)23)17(14)24/h1-6,8-9H,7H2,(H,21,25). The monoisotopic (exact) mass is 463 g/mol. The highest BCUT2D eigenvalue weighted by atomic mass is 127. The zero-order valence-electron chi connectivity index (χ0n) is 12.8. The van der Waals surface area contributed by atoms with Gasteiger partial charge < -0.3 is 9.72 Å². The fourth-order valence-corrected chi connectivity index (χ4v) is 3.52. The number of benzene rings is 2. The van der Waals surface area contributed by atoms with Crippen molar-refractivity contribution >= 4 is 56.5 Å². The molecule has 1 N–H and O–H groups in total. The summed E-state index contributed by atoms with van der Waals surface area (Å²) in [4.78, 5) is 29.6. The lowest BCUT2D eigenvalue weighted by atomic mass is 10.1. The van der Waals surface area contributed by atoms with Gasteiger partial charge in [0.25, 0.3) is 5.91 Å². The number of carbonyl (C=O) groups is 1. The van der Waals surface area contributed by atoms with E-state index in [1.165, 1.54) is 6.20 Å². The normalized spacial score (nSPS) is 11.3. The lowest BCUT2D eigenvalue weighted by Gasteiger charge is -2.07. The summed E-state index contributed by atoms with van der Waals surface area (Å²) in [5.41, 5.74) is 2.20. The summed E-state index contributed by atoms with van der Waals surface area (Å²) in [6, 6.07) is 10.9. The molecule has 0 radical (unpaired) electrons. The first-order valence-electron chi connectivity index (χ1n) is 7.48. The SMILES string of the molecule is O=C(NCc1ccc(Cl)cc1)c1cn2cnc3cc(I)cc(c1=O)c32. The van der Waals surface area contributed by atoms with Crippen molar-refractivity contribution in [3.05, 3.63) is 78.9 Å². The minimum atomic E-state index is -0.411. The Morgan fingerprint density at radius 1 is 1.24 bits per heavy atom. The molecule has 0 aliphatic heterocycles. The van der Waals surface area contributed by atoms with Crippen molar-refractivity contribution in [3.63, 3.8) is 0 Å². The van der Waals surface area contributed by atoms with E-state index in [-0.39, 0.29) is 11.0 Å². The van der Waals surface area contributed by atoms with E-state index in [1.807, 2.05) is 18.2 Å². The summed E-state index contributed by atoms with van der Waals surface area (Å²) in [6.45, 7) is 0.319. The molecule has 0 atom stereocenters. The molecule has 4 rings (SSSR count). The van der Waals surface area contributed by atoms with Crippen LogP contribution in [0.25, 0.3) is 16.4 Å². The molecule has 0 bridgehead atoms. The minimum absolute atomic E-state index is 0.0998. The Hall–Kier alpha value is -2.19. The summed E-state index contributed by atoms with van der Waals surface area (Å²) < 4.78 is 2.63. The Bertz CT molecular complexity index is 1150. The summed E-state index contributed by atoms with van der Waals surface area (Å²) >= 11 is 7.99. The van der Waals surface area contributed by atoms with E-state index >= 15 is 0 Å². The van der Waals surface area contributed by atoms with Crippen molar-refractivity contribution < 1.29 is 4.79 Å². The molecule has 0 saturated heterocycles. The molecule has 5 nitrogen and oxygen atoms in total. The predicted molar refractivity (Wildman–Crippen MR) is 105 cm³/mol. The number of hydrogen-bond donors (Lipinski definition) is 1. The molecule has 0 spiro atoms. The van der Waals surface area contributed by atoms with Crippen molar-refractivity contribution in [2.24, 2.45) is 0 Å². The maximum Gasteiger partial charge on any atom is 0.257 e. The van der Waals surface area contributed by atoms with Gasteiger partial charge in [0, 0.05) is 21.3 Å². The van der Waals surface area contributed by atoms with Gasteiger partial charge in [0.1, 0.15) is 5.56 Å². The maximum absolute atomic E-state index is 12.8. The molecule has 0 fully saturated rings. The Balaban J connectivity index is 1.71. The van der Waals surface area contributed by atoms with Crippen LogP contribution in [-0.2, 0) is 6.54 Å². The second-order valence-corrected chi connectivity index (χ2v) is 7.34. The lowest BCUT2D eigenvalue weighted by Crippen LogP contribution is -2.28. The van der Waals surface area contributed by atoms with E-state index in [2.05, 4.69) is 32.9 Å². The van der Waals surface area contributed by atoms with Crippen LogP contribution in [0, 0.1) is 3.57 Å². The van der Waals surface area contributed by atoms with Crippen LogP contribution >= 0.6 is 34.2 Å². The number of halogens is 2. The first kappa shape index (κ1) is 16.3. The molecule has 1 amide bonds. The fraction of sp³-hybridized carbons (Fsp3) is 0.0556. The molecule has 25 heavy (non-hydrogen) atoms. The molecule has 2 heterocycles. The third kappa shape index (κ3) is 2.96. The minimum Gasteiger partial charge on any atom is -0.348 e. The Morgan fingerprint density at radius 2 is 2.00 bits per heavy atom. The van der Waals surface area contributed by atoms with Crippen molar-refractivity contribution in [2.45, 2.75) is 6.54 Å². The lowest BCUT2D eigenvalue weighted by molar-refractivity contribution is 0.0949. The van der Waals surface area contributed by atoms with Crippen LogP contribution in [0.15, 0.2) is 53.7 Å². The van der Waals surface area contributed by atoms with Crippen LogP contribution < -0.4 is 10.7 Å². The number of pyridine rings is 1. The Labute approximate surface area is 161 Å². The van der Waals surface area contributed by atoms with Crippen LogP contribution in [0.5, 0.6) is 0 Å². The summed E-state index contributed by atoms with van der Waals surface area (Å²) in [7, 11) is 0. The van der Waals surface area contributed by atoms with Gasteiger partial charge in [-0.15, -0.1) is 0 Å². The predicted octanol–water partition coefficient (Wildman–Crippen LogP) is 3.47. The molecule has 0 aliphatic rings. The van der Waals surface area contributed by atoms with Crippen molar-refractivity contribution in [1.82, 2.24) is 14.7 Å². The second-order valence-electron chi connectivity index (χ2n) is 5.65. The Morgan fingerprint density at radius 3 is 2.76 bits per heavy atom. The van der Waals surface area contributed by atoms with Crippen molar-refractivity contribution in [1.29, 1.82) is 0 Å². The summed E-state index contributed by atoms with van der Waals surface area (Å²) in [6.07, 6.45) is 3.15. The van der Waals surface area contributed by atoms with Gasteiger partial charge in [-0.25, -0.2) is 4.98 Å². The maximum atomic E-state index is 12.8. The molecule has 0 unspecified atom stereocenters. The van der Waals surface area contributed by atoms with Crippen molar-refractivity contribution in [3.8, 4) is 0 Å². The average molecular weight is 464 g/mol. The molecule has 124 valence electrons. The molecule has 2 aromatic heterocycles. The highest BCUT2D eigenvalue weighted by Crippen LogP contribution is 2.21. The number of amides is 1. The molecule has 4 aromatic rings. The largest absolute Gasteiger partial charge is 0.348 e. The molecule has 7 heteroatoms. The number of carbonyl (C=O) groups excluding carboxylic acids is 1. The third-order valence-electron chi connectivity index (χ3n) is 4.00. The van der Waals surface area contributed by atoms with Gasteiger partial charge >= 0.3 is 0 Å². The smallest absolute Gasteiger partial charge is 0.257 e. The van der Waals surface area contributed by atoms with Crippen LogP contribution in [0.4, 0.5) is 0 Å². The van der Waals surface area contributed by atoms with Gasteiger partial charge in [0.2, 0.25) is 5.43 Å². The van der Waals surface area contributed by atoms with Gasteiger partial charge in [-0.05, 0) is 52.4 Å². The number of rotatable bonds is 3. The quantitative estimate of drug-likeness (QED) is 0.473. The van der Waals surface area contributed by atoms with E-state index in [0.29, 0.717) is 17.0 Å². The number of aromatic nitrogens is 2. The van der Waals surface area contributed by atoms with Crippen LogP contribution in [0.1, 0.15) is 15.9 Å².